The van der Waals surface area contributed by atoms with E-state index in [1.165, 1.54) is 0 Å². The van der Waals surface area contributed by atoms with Gasteiger partial charge >= 0.3 is 6.03 Å². The molecule has 0 spiro atoms. The van der Waals surface area contributed by atoms with Crippen molar-refractivity contribution in [2.45, 2.75) is 38.8 Å². The third-order valence-electron chi connectivity index (χ3n) is 4.97. The first-order chi connectivity index (χ1) is 12.6. The third-order valence-corrected chi connectivity index (χ3v) is 4.97. The van der Waals surface area contributed by atoms with Gasteiger partial charge in [0.2, 0.25) is 0 Å². The molecule has 2 N–H and O–H groups in total. The largest absolute Gasteiger partial charge is 0.497 e. The van der Waals surface area contributed by atoms with E-state index in [2.05, 4.69) is 36.6 Å². The van der Waals surface area contributed by atoms with Gasteiger partial charge in [-0.1, -0.05) is 56.3 Å². The zero-order valence-corrected chi connectivity index (χ0v) is 15.7. The summed E-state index contributed by atoms with van der Waals surface area (Å²) in [6.45, 7) is 4.25. The Hall–Kier alpha value is -2.49. The normalized spacial score (nSPS) is 16.0. The van der Waals surface area contributed by atoms with E-state index in [9.17, 15) is 4.79 Å². The van der Waals surface area contributed by atoms with E-state index in [4.69, 9.17) is 4.74 Å². The number of carbonyl (C=O) groups is 1. The van der Waals surface area contributed by atoms with Gasteiger partial charge in [-0.2, -0.15) is 0 Å². The third kappa shape index (κ3) is 4.57. The van der Waals surface area contributed by atoms with E-state index in [-0.39, 0.29) is 18.1 Å². The monoisotopic (exact) mass is 352 g/mol. The van der Waals surface area contributed by atoms with Crippen molar-refractivity contribution in [1.82, 2.24) is 10.6 Å². The molecule has 2 unspecified atom stereocenters. The molecule has 0 bridgehead atoms. The molecule has 2 amide bonds. The Kier molecular flexibility index (Phi) is 5.82. The average Bonchev–Trinajstić information content (AvgIpc) is 3.50. The summed E-state index contributed by atoms with van der Waals surface area (Å²) in [5, 5.41) is 6.36. The predicted octanol–water partition coefficient (Wildman–Crippen LogP) is 4.84. The molecular weight excluding hydrogens is 324 g/mol. The van der Waals surface area contributed by atoms with Gasteiger partial charge in [-0.05, 0) is 47.9 Å². The standard InChI is InChI=1S/C22H28N2O2/c1-15(2)20(16-7-5-4-6-8-16)23-22(25)24-21(17-9-10-17)18-11-13-19(26-3)14-12-18/h4-8,11-15,17,20-21H,9-10H2,1-3H3,(H2,23,24,25). The zero-order valence-electron chi connectivity index (χ0n) is 15.7. The molecule has 0 aliphatic heterocycles. The van der Waals surface area contributed by atoms with Crippen molar-refractivity contribution in [1.29, 1.82) is 0 Å². The van der Waals surface area contributed by atoms with Gasteiger partial charge in [0.1, 0.15) is 5.75 Å². The number of ether oxygens (including phenoxy) is 1. The van der Waals surface area contributed by atoms with Crippen LogP contribution in [0.5, 0.6) is 5.75 Å². The van der Waals surface area contributed by atoms with Crippen molar-refractivity contribution in [3.63, 3.8) is 0 Å². The summed E-state index contributed by atoms with van der Waals surface area (Å²) in [7, 11) is 1.66. The second-order valence-corrected chi connectivity index (χ2v) is 7.34. The second kappa shape index (κ2) is 8.26. The van der Waals surface area contributed by atoms with Gasteiger partial charge in [-0.3, -0.25) is 0 Å². The fourth-order valence-electron chi connectivity index (χ4n) is 3.33. The molecular formula is C22H28N2O2. The minimum atomic E-state index is -0.111. The Balaban J connectivity index is 1.69. The number of urea groups is 1. The molecule has 4 heteroatoms. The van der Waals surface area contributed by atoms with Crippen molar-refractivity contribution >= 4 is 6.03 Å². The maximum atomic E-state index is 12.7. The number of nitrogens with one attached hydrogen (secondary N) is 2. The summed E-state index contributed by atoms with van der Waals surface area (Å²) in [6, 6.07) is 18.0. The van der Waals surface area contributed by atoms with E-state index in [0.29, 0.717) is 11.8 Å². The second-order valence-electron chi connectivity index (χ2n) is 7.34. The Labute approximate surface area is 156 Å². The maximum absolute atomic E-state index is 12.7. The molecule has 2 aromatic carbocycles. The van der Waals surface area contributed by atoms with Crippen LogP contribution in [0.25, 0.3) is 0 Å². The molecule has 1 saturated carbocycles. The average molecular weight is 352 g/mol. The number of benzene rings is 2. The lowest BCUT2D eigenvalue weighted by molar-refractivity contribution is 0.227. The van der Waals surface area contributed by atoms with Crippen LogP contribution in [-0.2, 0) is 0 Å². The molecule has 26 heavy (non-hydrogen) atoms. The minimum Gasteiger partial charge on any atom is -0.497 e. The molecule has 0 aromatic heterocycles. The fraction of sp³-hybridized carbons (Fsp3) is 0.409. The summed E-state index contributed by atoms with van der Waals surface area (Å²) in [6.07, 6.45) is 2.31. The molecule has 1 fully saturated rings. The van der Waals surface area contributed by atoms with Crippen molar-refractivity contribution in [2.75, 3.05) is 7.11 Å². The highest BCUT2D eigenvalue weighted by molar-refractivity contribution is 5.75. The van der Waals surface area contributed by atoms with Crippen LogP contribution in [0, 0.1) is 11.8 Å². The highest BCUT2D eigenvalue weighted by Crippen LogP contribution is 2.41. The highest BCUT2D eigenvalue weighted by Gasteiger charge is 2.34. The Bertz CT molecular complexity index is 709. The molecule has 2 atom stereocenters. The van der Waals surface area contributed by atoms with Crippen LogP contribution >= 0.6 is 0 Å². The van der Waals surface area contributed by atoms with Gasteiger partial charge in [-0.15, -0.1) is 0 Å². The number of hydrogen-bond donors (Lipinski definition) is 2. The number of methoxy groups -OCH3 is 1. The van der Waals surface area contributed by atoms with E-state index in [0.717, 1.165) is 29.7 Å². The topological polar surface area (TPSA) is 50.4 Å². The van der Waals surface area contributed by atoms with Gasteiger partial charge in [0, 0.05) is 0 Å². The van der Waals surface area contributed by atoms with Crippen LogP contribution in [0.1, 0.15) is 49.9 Å². The Morgan fingerprint density at radius 2 is 1.62 bits per heavy atom. The quantitative estimate of drug-likeness (QED) is 0.749. The van der Waals surface area contributed by atoms with Gasteiger partial charge in [-0.25, -0.2) is 4.79 Å². The van der Waals surface area contributed by atoms with Crippen LogP contribution in [0.3, 0.4) is 0 Å². The molecule has 0 saturated heterocycles. The summed E-state index contributed by atoms with van der Waals surface area (Å²) in [4.78, 5) is 12.7. The fourth-order valence-corrected chi connectivity index (χ4v) is 3.33. The Morgan fingerprint density at radius 1 is 0.962 bits per heavy atom. The number of rotatable bonds is 7. The zero-order chi connectivity index (χ0) is 18.5. The molecule has 3 rings (SSSR count). The number of hydrogen-bond acceptors (Lipinski definition) is 2. The highest BCUT2D eigenvalue weighted by atomic mass is 16.5. The molecule has 2 aromatic rings. The summed E-state index contributed by atoms with van der Waals surface area (Å²) in [5.41, 5.74) is 2.26. The van der Waals surface area contributed by atoms with Gasteiger partial charge in [0.05, 0.1) is 19.2 Å². The number of amides is 2. The van der Waals surface area contributed by atoms with Crippen molar-refractivity contribution in [2.24, 2.45) is 11.8 Å². The lowest BCUT2D eigenvalue weighted by atomic mass is 9.96. The van der Waals surface area contributed by atoms with Crippen LogP contribution in [0.2, 0.25) is 0 Å². The first-order valence-corrected chi connectivity index (χ1v) is 9.34. The van der Waals surface area contributed by atoms with Gasteiger partial charge in [0.25, 0.3) is 0 Å². The molecule has 0 radical (unpaired) electrons. The van der Waals surface area contributed by atoms with Crippen molar-refractivity contribution in [3.8, 4) is 5.75 Å². The lowest BCUT2D eigenvalue weighted by Crippen LogP contribution is -2.42. The van der Waals surface area contributed by atoms with Crippen LogP contribution in [0.4, 0.5) is 4.79 Å². The van der Waals surface area contributed by atoms with E-state index >= 15 is 0 Å². The molecule has 1 aliphatic rings. The van der Waals surface area contributed by atoms with Gasteiger partial charge < -0.3 is 15.4 Å². The maximum Gasteiger partial charge on any atom is 0.315 e. The van der Waals surface area contributed by atoms with Crippen LogP contribution in [-0.4, -0.2) is 13.1 Å². The minimum absolute atomic E-state index is 0.00748. The smallest absolute Gasteiger partial charge is 0.315 e. The van der Waals surface area contributed by atoms with Gasteiger partial charge in [0.15, 0.2) is 0 Å². The lowest BCUT2D eigenvalue weighted by Gasteiger charge is -2.26. The summed E-state index contributed by atoms with van der Waals surface area (Å²) >= 11 is 0. The SMILES string of the molecule is COc1ccc(C(NC(=O)NC(c2ccccc2)C(C)C)C2CC2)cc1. The summed E-state index contributed by atoms with van der Waals surface area (Å²) in [5.74, 6) is 1.66. The molecule has 0 heterocycles. The molecule has 4 nitrogen and oxygen atoms in total. The summed E-state index contributed by atoms with van der Waals surface area (Å²) < 4.78 is 5.23. The first kappa shape index (κ1) is 18.3. The van der Waals surface area contributed by atoms with E-state index < -0.39 is 0 Å². The van der Waals surface area contributed by atoms with E-state index in [1.54, 1.807) is 7.11 Å². The molecule has 1 aliphatic carbocycles. The molecule has 138 valence electrons. The van der Waals surface area contributed by atoms with Crippen LogP contribution < -0.4 is 15.4 Å². The predicted molar refractivity (Wildman–Crippen MR) is 104 cm³/mol. The first-order valence-electron chi connectivity index (χ1n) is 9.34. The number of carbonyl (C=O) groups excluding carboxylic acids is 1. The van der Waals surface area contributed by atoms with Crippen LogP contribution in [0.15, 0.2) is 54.6 Å². The van der Waals surface area contributed by atoms with Crippen molar-refractivity contribution in [3.05, 3.63) is 65.7 Å². The Morgan fingerprint density at radius 3 is 2.15 bits per heavy atom. The van der Waals surface area contributed by atoms with Crippen molar-refractivity contribution < 1.29 is 9.53 Å². The van der Waals surface area contributed by atoms with E-state index in [1.807, 2.05) is 42.5 Å².